The van der Waals surface area contributed by atoms with Gasteiger partial charge >= 0.3 is 0 Å². The number of hydrogen-bond acceptors (Lipinski definition) is 1. The van der Waals surface area contributed by atoms with Gasteiger partial charge < -0.3 is 10.2 Å². The lowest BCUT2D eigenvalue weighted by atomic mass is 10.1. The van der Waals surface area contributed by atoms with Gasteiger partial charge in [0.1, 0.15) is 0 Å². The number of amides is 1. The van der Waals surface area contributed by atoms with Crippen LogP contribution in [0.1, 0.15) is 39.0 Å². The number of nitrogens with one attached hydrogen (secondary N) is 2. The summed E-state index contributed by atoms with van der Waals surface area (Å²) >= 11 is 6.08. The predicted molar refractivity (Wildman–Crippen MR) is 83.3 cm³/mol. The zero-order chi connectivity index (χ0) is 14.4. The van der Waals surface area contributed by atoms with Crippen molar-refractivity contribution in [2.45, 2.75) is 45.1 Å². The van der Waals surface area contributed by atoms with Gasteiger partial charge in [0.2, 0.25) is 0 Å². The second-order valence-corrected chi connectivity index (χ2v) is 6.02. The van der Waals surface area contributed by atoms with Crippen LogP contribution in [0.2, 0.25) is 5.02 Å². The normalized spacial score (nSPS) is 18.9. The molecule has 2 N–H and O–H groups in total. The summed E-state index contributed by atoms with van der Waals surface area (Å²) in [4.78, 5) is 13.8. The van der Waals surface area contributed by atoms with E-state index in [2.05, 4.69) is 5.32 Å². The summed E-state index contributed by atoms with van der Waals surface area (Å²) in [6.45, 7) is 4.21. The molecule has 1 fully saturated rings. The molecule has 0 bridgehead atoms. The van der Waals surface area contributed by atoms with Crippen molar-refractivity contribution in [2.75, 3.05) is 18.4 Å². The molecule has 1 saturated heterocycles. The standard InChI is InChI=1S/C16H23ClN2O/c1-13(19-11-7-3-2-4-8-12-19)16(20)18-15-10-6-5-9-14(15)17/h5-6,9-10,13H,2-4,7-8,11-12H2,1H3,(H,18,20)/p+1/t13-/m1/s1. The van der Waals surface area contributed by atoms with Crippen LogP contribution in [0.3, 0.4) is 0 Å². The highest BCUT2D eigenvalue weighted by Crippen LogP contribution is 2.20. The predicted octanol–water partition coefficient (Wildman–Crippen LogP) is 2.52. The number of carbonyl (C=O) groups excluding carboxylic acids is 1. The Morgan fingerprint density at radius 2 is 1.75 bits per heavy atom. The van der Waals surface area contributed by atoms with E-state index in [-0.39, 0.29) is 11.9 Å². The number of hydrogen-bond donors (Lipinski definition) is 2. The van der Waals surface area contributed by atoms with Crippen LogP contribution in [0.25, 0.3) is 0 Å². The Morgan fingerprint density at radius 3 is 2.40 bits per heavy atom. The van der Waals surface area contributed by atoms with Gasteiger partial charge in [-0.1, -0.05) is 30.2 Å². The first kappa shape index (κ1) is 15.3. The van der Waals surface area contributed by atoms with Crippen LogP contribution < -0.4 is 10.2 Å². The van der Waals surface area contributed by atoms with Gasteiger partial charge in [-0.15, -0.1) is 0 Å². The van der Waals surface area contributed by atoms with Gasteiger partial charge in [0.15, 0.2) is 6.04 Å². The average Bonchev–Trinajstić information content (AvgIpc) is 2.40. The van der Waals surface area contributed by atoms with Crippen molar-refractivity contribution in [1.29, 1.82) is 0 Å². The lowest BCUT2D eigenvalue weighted by Gasteiger charge is -2.27. The second kappa shape index (κ2) is 7.65. The van der Waals surface area contributed by atoms with E-state index in [4.69, 9.17) is 11.6 Å². The lowest BCUT2D eigenvalue weighted by Crippen LogP contribution is -3.16. The van der Waals surface area contributed by atoms with Gasteiger partial charge in [-0.2, -0.15) is 0 Å². The fourth-order valence-corrected chi connectivity index (χ4v) is 2.96. The molecule has 110 valence electrons. The maximum atomic E-state index is 12.4. The fourth-order valence-electron chi connectivity index (χ4n) is 2.78. The maximum absolute atomic E-state index is 12.4. The van der Waals surface area contributed by atoms with E-state index in [9.17, 15) is 4.79 Å². The lowest BCUT2D eigenvalue weighted by molar-refractivity contribution is -0.914. The molecule has 1 aliphatic heterocycles. The van der Waals surface area contributed by atoms with Crippen LogP contribution >= 0.6 is 11.6 Å². The second-order valence-electron chi connectivity index (χ2n) is 5.62. The molecule has 0 aliphatic carbocycles. The third kappa shape index (κ3) is 4.22. The minimum absolute atomic E-state index is 0.0237. The van der Waals surface area contributed by atoms with Crippen molar-refractivity contribution in [3.05, 3.63) is 29.3 Å². The van der Waals surface area contributed by atoms with Crippen LogP contribution in [0.15, 0.2) is 24.3 Å². The number of likely N-dealkylation sites (tertiary alicyclic amines) is 1. The largest absolute Gasteiger partial charge is 0.325 e. The van der Waals surface area contributed by atoms with Crippen LogP contribution in [0.5, 0.6) is 0 Å². The summed E-state index contributed by atoms with van der Waals surface area (Å²) < 4.78 is 0. The first-order valence-corrected chi connectivity index (χ1v) is 7.96. The van der Waals surface area contributed by atoms with E-state index < -0.39 is 0 Å². The monoisotopic (exact) mass is 295 g/mol. The molecular formula is C16H24ClN2O+. The number of anilines is 1. The molecule has 4 heteroatoms. The average molecular weight is 296 g/mol. The molecule has 1 heterocycles. The Labute approximate surface area is 126 Å². The van der Waals surface area contributed by atoms with Crippen LogP contribution in [0.4, 0.5) is 5.69 Å². The summed E-state index contributed by atoms with van der Waals surface area (Å²) in [5.74, 6) is 0.0636. The zero-order valence-electron chi connectivity index (χ0n) is 12.1. The summed E-state index contributed by atoms with van der Waals surface area (Å²) in [6, 6.07) is 7.37. The zero-order valence-corrected chi connectivity index (χ0v) is 12.9. The van der Waals surface area contributed by atoms with E-state index in [0.29, 0.717) is 10.7 Å². The van der Waals surface area contributed by atoms with Crippen molar-refractivity contribution in [3.8, 4) is 0 Å². The fraction of sp³-hybridized carbons (Fsp3) is 0.562. The molecule has 1 amide bonds. The van der Waals surface area contributed by atoms with Gasteiger partial charge in [-0.25, -0.2) is 0 Å². The van der Waals surface area contributed by atoms with E-state index >= 15 is 0 Å². The Bertz CT molecular complexity index is 442. The molecule has 0 aromatic heterocycles. The van der Waals surface area contributed by atoms with Gasteiger partial charge in [-0.3, -0.25) is 4.79 Å². The molecule has 3 nitrogen and oxygen atoms in total. The highest BCUT2D eigenvalue weighted by Gasteiger charge is 2.25. The number of rotatable bonds is 3. The minimum atomic E-state index is -0.0237. The molecule has 0 radical (unpaired) electrons. The molecule has 1 aromatic rings. The molecule has 2 rings (SSSR count). The van der Waals surface area contributed by atoms with Crippen LogP contribution in [-0.4, -0.2) is 25.0 Å². The Kier molecular flexibility index (Phi) is 5.86. The van der Waals surface area contributed by atoms with Crippen molar-refractivity contribution in [1.82, 2.24) is 0 Å². The molecule has 20 heavy (non-hydrogen) atoms. The summed E-state index contributed by atoms with van der Waals surface area (Å²) in [6.07, 6.45) is 6.37. The van der Waals surface area contributed by atoms with Gasteiger partial charge in [0.05, 0.1) is 23.8 Å². The third-order valence-electron chi connectivity index (χ3n) is 4.13. The topological polar surface area (TPSA) is 33.5 Å². The Hall–Kier alpha value is -1.06. The minimum Gasteiger partial charge on any atom is -0.325 e. The van der Waals surface area contributed by atoms with Crippen LogP contribution in [0, 0.1) is 0 Å². The first-order chi connectivity index (χ1) is 9.68. The third-order valence-corrected chi connectivity index (χ3v) is 4.46. The summed E-state index contributed by atoms with van der Waals surface area (Å²) in [5, 5.41) is 3.54. The van der Waals surface area contributed by atoms with E-state index in [0.717, 1.165) is 13.1 Å². The van der Waals surface area contributed by atoms with Gasteiger partial charge in [-0.05, 0) is 44.7 Å². The first-order valence-electron chi connectivity index (χ1n) is 7.58. The highest BCUT2D eigenvalue weighted by molar-refractivity contribution is 6.33. The Morgan fingerprint density at radius 1 is 1.15 bits per heavy atom. The van der Waals surface area contributed by atoms with Gasteiger partial charge in [0.25, 0.3) is 5.91 Å². The molecule has 0 spiro atoms. The Balaban J connectivity index is 1.95. The van der Waals surface area contributed by atoms with Crippen molar-refractivity contribution < 1.29 is 9.69 Å². The maximum Gasteiger partial charge on any atom is 0.282 e. The smallest absolute Gasteiger partial charge is 0.282 e. The number of carbonyl (C=O) groups is 1. The SMILES string of the molecule is C[C@H](C(=O)Nc1ccccc1Cl)[NH+]1CCCCCCC1. The van der Waals surface area contributed by atoms with Crippen molar-refractivity contribution in [3.63, 3.8) is 0 Å². The molecule has 1 atom stereocenters. The summed E-state index contributed by atoms with van der Waals surface area (Å²) in [5.41, 5.74) is 0.706. The van der Waals surface area contributed by atoms with E-state index in [1.165, 1.54) is 37.0 Å². The van der Waals surface area contributed by atoms with E-state index in [1.54, 1.807) is 6.07 Å². The number of halogens is 1. The molecule has 1 aromatic carbocycles. The van der Waals surface area contributed by atoms with E-state index in [1.807, 2.05) is 25.1 Å². The molecule has 0 saturated carbocycles. The highest BCUT2D eigenvalue weighted by atomic mass is 35.5. The van der Waals surface area contributed by atoms with Gasteiger partial charge in [0, 0.05) is 0 Å². The number of benzene rings is 1. The quantitative estimate of drug-likeness (QED) is 0.883. The van der Waals surface area contributed by atoms with Crippen molar-refractivity contribution in [2.24, 2.45) is 0 Å². The van der Waals surface area contributed by atoms with Crippen molar-refractivity contribution >= 4 is 23.2 Å². The van der Waals surface area contributed by atoms with Crippen LogP contribution in [-0.2, 0) is 4.79 Å². The number of para-hydroxylation sites is 1. The number of quaternary nitrogens is 1. The molecule has 1 aliphatic rings. The molecule has 0 unspecified atom stereocenters. The molecular weight excluding hydrogens is 272 g/mol. The summed E-state index contributed by atoms with van der Waals surface area (Å²) in [7, 11) is 0.